The van der Waals surface area contributed by atoms with Gasteiger partial charge >= 0.3 is 0 Å². The summed E-state index contributed by atoms with van der Waals surface area (Å²) >= 11 is 1.88. The van der Waals surface area contributed by atoms with Crippen LogP contribution in [0.5, 0.6) is 0 Å². The van der Waals surface area contributed by atoms with Crippen LogP contribution >= 0.6 is 11.3 Å². The Morgan fingerprint density at radius 3 is 3.14 bits per heavy atom. The number of fused-ring (bicyclic) bond motifs is 1. The third-order valence-corrected chi connectivity index (χ3v) is 5.26. The summed E-state index contributed by atoms with van der Waals surface area (Å²) in [4.78, 5) is 5.95. The molecule has 2 aromatic heterocycles. The highest BCUT2D eigenvalue weighted by Gasteiger charge is 2.27. The fourth-order valence-electron chi connectivity index (χ4n) is 3.26. The van der Waals surface area contributed by atoms with E-state index in [0.29, 0.717) is 11.8 Å². The molecule has 21 heavy (non-hydrogen) atoms. The molecule has 2 aromatic rings. The first-order valence-electron chi connectivity index (χ1n) is 7.83. The number of aromatic nitrogens is 3. The molecule has 1 aliphatic rings. The standard InChI is InChI=1S/C16H24N4S/c1-11(2)9-20-16(18-10-19-20)8-14(17)12-4-3-5-15-13(12)6-7-21-15/h6-7,10-12,14H,3-5,8-9,17H2,1-2H3. The zero-order valence-corrected chi connectivity index (χ0v) is 13.6. The van der Waals surface area contributed by atoms with Crippen molar-refractivity contribution >= 4 is 11.3 Å². The highest BCUT2D eigenvalue weighted by Crippen LogP contribution is 2.37. The maximum atomic E-state index is 6.54. The van der Waals surface area contributed by atoms with Gasteiger partial charge in [-0.05, 0) is 42.2 Å². The van der Waals surface area contributed by atoms with E-state index in [0.717, 1.165) is 18.8 Å². The summed E-state index contributed by atoms with van der Waals surface area (Å²) in [6, 6.07) is 2.40. The van der Waals surface area contributed by atoms with Crippen LogP contribution < -0.4 is 5.73 Å². The van der Waals surface area contributed by atoms with Gasteiger partial charge in [0.05, 0.1) is 0 Å². The molecule has 1 aliphatic carbocycles. The second kappa shape index (κ2) is 6.28. The molecule has 0 aliphatic heterocycles. The number of rotatable bonds is 5. The van der Waals surface area contributed by atoms with Crippen molar-refractivity contribution in [3.05, 3.63) is 34.0 Å². The van der Waals surface area contributed by atoms with E-state index in [2.05, 4.69) is 35.4 Å². The van der Waals surface area contributed by atoms with Gasteiger partial charge < -0.3 is 5.73 Å². The van der Waals surface area contributed by atoms with Crippen molar-refractivity contribution in [1.82, 2.24) is 14.8 Å². The van der Waals surface area contributed by atoms with Gasteiger partial charge in [0, 0.05) is 29.8 Å². The number of aryl methyl sites for hydroxylation is 1. The average molecular weight is 304 g/mol. The van der Waals surface area contributed by atoms with Crippen LogP contribution in [0.2, 0.25) is 0 Å². The lowest BCUT2D eigenvalue weighted by atomic mass is 9.81. The normalized spacial score (nSPS) is 19.7. The summed E-state index contributed by atoms with van der Waals surface area (Å²) in [5.41, 5.74) is 8.02. The molecule has 0 saturated carbocycles. The number of nitrogens with two attached hydrogens (primary N) is 1. The molecule has 2 N–H and O–H groups in total. The Morgan fingerprint density at radius 1 is 1.48 bits per heavy atom. The molecule has 4 nitrogen and oxygen atoms in total. The largest absolute Gasteiger partial charge is 0.327 e. The minimum Gasteiger partial charge on any atom is -0.327 e. The molecule has 2 atom stereocenters. The van der Waals surface area contributed by atoms with Crippen molar-refractivity contribution in [2.45, 2.75) is 58.0 Å². The number of hydrogen-bond donors (Lipinski definition) is 1. The second-order valence-electron chi connectivity index (χ2n) is 6.42. The molecule has 0 spiro atoms. The van der Waals surface area contributed by atoms with Crippen LogP contribution in [0, 0.1) is 5.92 Å². The molecule has 5 heteroatoms. The molecule has 114 valence electrons. The number of hydrogen-bond acceptors (Lipinski definition) is 4. The highest BCUT2D eigenvalue weighted by molar-refractivity contribution is 7.10. The lowest BCUT2D eigenvalue weighted by molar-refractivity contribution is 0.426. The van der Waals surface area contributed by atoms with Gasteiger partial charge in [0.25, 0.3) is 0 Å². The molecular weight excluding hydrogens is 280 g/mol. The summed E-state index contributed by atoms with van der Waals surface area (Å²) in [6.07, 6.45) is 6.14. The smallest absolute Gasteiger partial charge is 0.138 e. The van der Waals surface area contributed by atoms with E-state index in [9.17, 15) is 0 Å². The Labute approximate surface area is 130 Å². The molecule has 0 bridgehead atoms. The number of thiophene rings is 1. The van der Waals surface area contributed by atoms with Crippen LogP contribution in [-0.2, 0) is 19.4 Å². The Balaban J connectivity index is 1.73. The molecule has 2 unspecified atom stereocenters. The zero-order chi connectivity index (χ0) is 14.8. The lowest BCUT2D eigenvalue weighted by Gasteiger charge is -2.28. The van der Waals surface area contributed by atoms with Crippen molar-refractivity contribution in [3.63, 3.8) is 0 Å². The van der Waals surface area contributed by atoms with Crippen LogP contribution in [0.4, 0.5) is 0 Å². The third-order valence-electron chi connectivity index (χ3n) is 4.27. The zero-order valence-electron chi connectivity index (χ0n) is 12.8. The van der Waals surface area contributed by atoms with E-state index in [1.54, 1.807) is 6.33 Å². The first-order valence-corrected chi connectivity index (χ1v) is 8.71. The van der Waals surface area contributed by atoms with Gasteiger partial charge in [-0.1, -0.05) is 13.8 Å². The predicted molar refractivity (Wildman–Crippen MR) is 86.5 cm³/mol. The van der Waals surface area contributed by atoms with Gasteiger partial charge in [-0.15, -0.1) is 11.3 Å². The summed E-state index contributed by atoms with van der Waals surface area (Å²) in [5.74, 6) is 2.07. The fraction of sp³-hybridized carbons (Fsp3) is 0.625. The van der Waals surface area contributed by atoms with Crippen molar-refractivity contribution in [2.75, 3.05) is 0 Å². The molecule has 2 heterocycles. The van der Waals surface area contributed by atoms with Crippen LogP contribution in [-0.4, -0.2) is 20.8 Å². The van der Waals surface area contributed by atoms with E-state index in [4.69, 9.17) is 5.73 Å². The van der Waals surface area contributed by atoms with Gasteiger partial charge in [0.15, 0.2) is 0 Å². The Kier molecular flexibility index (Phi) is 4.40. The molecule has 0 amide bonds. The Bertz CT molecular complexity index is 587. The van der Waals surface area contributed by atoms with Crippen molar-refractivity contribution in [2.24, 2.45) is 11.7 Å². The molecule has 0 saturated heterocycles. The third kappa shape index (κ3) is 3.19. The fourth-order valence-corrected chi connectivity index (χ4v) is 4.26. The first-order chi connectivity index (χ1) is 10.1. The average Bonchev–Trinajstić information content (AvgIpc) is 3.07. The lowest BCUT2D eigenvalue weighted by Crippen LogP contribution is -2.33. The van der Waals surface area contributed by atoms with E-state index in [1.165, 1.54) is 29.7 Å². The SMILES string of the molecule is CC(C)Cn1ncnc1CC(N)C1CCCc2sccc21. The summed E-state index contributed by atoms with van der Waals surface area (Å²) in [5, 5.41) is 6.55. The second-order valence-corrected chi connectivity index (χ2v) is 7.42. The van der Waals surface area contributed by atoms with Crippen molar-refractivity contribution < 1.29 is 0 Å². The van der Waals surface area contributed by atoms with E-state index in [-0.39, 0.29) is 6.04 Å². The minimum atomic E-state index is 0.133. The number of nitrogens with zero attached hydrogens (tertiary/aromatic N) is 3. The van der Waals surface area contributed by atoms with Crippen molar-refractivity contribution in [1.29, 1.82) is 0 Å². The maximum Gasteiger partial charge on any atom is 0.138 e. The van der Waals surface area contributed by atoms with Gasteiger partial charge in [0.1, 0.15) is 12.2 Å². The summed E-state index contributed by atoms with van der Waals surface area (Å²) in [6.45, 7) is 5.31. The maximum absolute atomic E-state index is 6.54. The highest BCUT2D eigenvalue weighted by atomic mass is 32.1. The Morgan fingerprint density at radius 2 is 2.33 bits per heavy atom. The molecule has 0 radical (unpaired) electrons. The van der Waals surface area contributed by atoms with E-state index in [1.807, 2.05) is 16.0 Å². The van der Waals surface area contributed by atoms with Gasteiger partial charge in [0.2, 0.25) is 0 Å². The molecular formula is C16H24N4S. The van der Waals surface area contributed by atoms with Gasteiger partial charge in [-0.3, -0.25) is 0 Å². The van der Waals surface area contributed by atoms with E-state index >= 15 is 0 Å². The molecule has 0 aromatic carbocycles. The quantitative estimate of drug-likeness (QED) is 0.924. The topological polar surface area (TPSA) is 56.7 Å². The van der Waals surface area contributed by atoms with Gasteiger partial charge in [-0.2, -0.15) is 5.10 Å². The first kappa shape index (κ1) is 14.7. The van der Waals surface area contributed by atoms with Crippen LogP contribution in [0.1, 0.15) is 48.9 Å². The van der Waals surface area contributed by atoms with Crippen LogP contribution in [0.15, 0.2) is 17.8 Å². The van der Waals surface area contributed by atoms with Crippen LogP contribution in [0.3, 0.4) is 0 Å². The minimum absolute atomic E-state index is 0.133. The monoisotopic (exact) mass is 304 g/mol. The van der Waals surface area contributed by atoms with Crippen molar-refractivity contribution in [3.8, 4) is 0 Å². The van der Waals surface area contributed by atoms with E-state index < -0.39 is 0 Å². The predicted octanol–water partition coefficient (Wildman–Crippen LogP) is 2.99. The summed E-state index contributed by atoms with van der Waals surface area (Å²) in [7, 11) is 0. The molecule has 0 fully saturated rings. The Hall–Kier alpha value is -1.20. The van der Waals surface area contributed by atoms with Crippen LogP contribution in [0.25, 0.3) is 0 Å². The summed E-state index contributed by atoms with van der Waals surface area (Å²) < 4.78 is 2.02. The van der Waals surface area contributed by atoms with Gasteiger partial charge in [-0.25, -0.2) is 9.67 Å². The molecule has 3 rings (SSSR count).